The minimum Gasteiger partial charge on any atom is -0.317 e. The molecule has 0 radical (unpaired) electrons. The van der Waals surface area contributed by atoms with Gasteiger partial charge in [-0.05, 0) is 37.8 Å². The quantitative estimate of drug-likeness (QED) is 0.731. The molecule has 1 unspecified atom stereocenters. The molecule has 0 spiro atoms. The van der Waals surface area contributed by atoms with Crippen molar-refractivity contribution in [2.24, 2.45) is 17.3 Å². The Kier molecular flexibility index (Phi) is 3.25. The van der Waals surface area contributed by atoms with Crippen LogP contribution >= 0.6 is 0 Å². The lowest BCUT2D eigenvalue weighted by Gasteiger charge is -2.40. The molecular weight excluding hydrogens is 216 g/mol. The number of rotatable bonds is 2. The van der Waals surface area contributed by atoms with Gasteiger partial charge in [0.15, 0.2) is 0 Å². The van der Waals surface area contributed by atoms with Crippen molar-refractivity contribution in [1.82, 2.24) is 10.2 Å². The fourth-order valence-corrected chi connectivity index (χ4v) is 3.45. The standard InChI is InChI=1S/C13H22N2O2/c1-9(2)13(10-4-6-14-7-5-10)8-11(16)15(3)12(13)17/h9-10,14H,4-8H2,1-3H3. The molecule has 2 fully saturated rings. The van der Waals surface area contributed by atoms with E-state index < -0.39 is 5.41 Å². The van der Waals surface area contributed by atoms with Gasteiger partial charge in [-0.25, -0.2) is 0 Å². The molecule has 2 amide bonds. The number of nitrogens with one attached hydrogen (secondary N) is 1. The number of amides is 2. The number of likely N-dealkylation sites (tertiary alicyclic amines) is 1. The third kappa shape index (κ3) is 1.79. The SMILES string of the molecule is CC(C)C1(C2CCNCC2)CC(=O)N(C)C1=O. The Morgan fingerprint density at radius 1 is 1.29 bits per heavy atom. The summed E-state index contributed by atoms with van der Waals surface area (Å²) in [5.74, 6) is 0.615. The van der Waals surface area contributed by atoms with Crippen LogP contribution in [0.15, 0.2) is 0 Å². The summed E-state index contributed by atoms with van der Waals surface area (Å²) < 4.78 is 0. The first-order chi connectivity index (χ1) is 8.00. The zero-order chi connectivity index (χ0) is 12.6. The predicted molar refractivity (Wildman–Crippen MR) is 65.3 cm³/mol. The summed E-state index contributed by atoms with van der Waals surface area (Å²) in [7, 11) is 1.62. The van der Waals surface area contributed by atoms with E-state index in [-0.39, 0.29) is 17.7 Å². The summed E-state index contributed by atoms with van der Waals surface area (Å²) in [5, 5.41) is 3.32. The van der Waals surface area contributed by atoms with Gasteiger partial charge in [0.25, 0.3) is 0 Å². The summed E-state index contributed by atoms with van der Waals surface area (Å²) in [6.45, 7) is 6.08. The summed E-state index contributed by atoms with van der Waals surface area (Å²) in [6.07, 6.45) is 2.42. The molecule has 0 aromatic carbocycles. The predicted octanol–water partition coefficient (Wildman–Crippen LogP) is 1.02. The van der Waals surface area contributed by atoms with E-state index in [1.54, 1.807) is 7.05 Å². The van der Waals surface area contributed by atoms with Gasteiger partial charge in [-0.3, -0.25) is 14.5 Å². The Morgan fingerprint density at radius 3 is 2.29 bits per heavy atom. The van der Waals surface area contributed by atoms with E-state index >= 15 is 0 Å². The maximum Gasteiger partial charge on any atom is 0.236 e. The zero-order valence-electron chi connectivity index (χ0n) is 11.0. The molecule has 96 valence electrons. The highest BCUT2D eigenvalue weighted by molar-refractivity contribution is 6.05. The van der Waals surface area contributed by atoms with Crippen LogP contribution in [0.25, 0.3) is 0 Å². The van der Waals surface area contributed by atoms with Crippen molar-refractivity contribution < 1.29 is 9.59 Å². The Labute approximate surface area is 103 Å². The van der Waals surface area contributed by atoms with Gasteiger partial charge in [0.2, 0.25) is 11.8 Å². The molecular formula is C13H22N2O2. The zero-order valence-corrected chi connectivity index (χ0v) is 11.0. The van der Waals surface area contributed by atoms with Gasteiger partial charge < -0.3 is 5.32 Å². The van der Waals surface area contributed by atoms with E-state index in [1.807, 2.05) is 0 Å². The molecule has 2 aliphatic heterocycles. The van der Waals surface area contributed by atoms with Crippen molar-refractivity contribution in [3.8, 4) is 0 Å². The Morgan fingerprint density at radius 2 is 1.88 bits per heavy atom. The number of piperidine rings is 1. The molecule has 4 heteroatoms. The van der Waals surface area contributed by atoms with E-state index in [0.717, 1.165) is 25.9 Å². The lowest BCUT2D eigenvalue weighted by atomic mass is 9.63. The molecule has 2 heterocycles. The van der Waals surface area contributed by atoms with Crippen LogP contribution in [0, 0.1) is 17.3 Å². The van der Waals surface area contributed by atoms with E-state index in [2.05, 4.69) is 19.2 Å². The molecule has 1 N–H and O–H groups in total. The molecule has 0 bridgehead atoms. The average Bonchev–Trinajstić information content (AvgIpc) is 2.56. The number of hydrogen-bond acceptors (Lipinski definition) is 3. The number of carbonyl (C=O) groups excluding carboxylic acids is 2. The van der Waals surface area contributed by atoms with Gasteiger partial charge >= 0.3 is 0 Å². The first-order valence-corrected chi connectivity index (χ1v) is 6.52. The smallest absolute Gasteiger partial charge is 0.236 e. The maximum atomic E-state index is 12.5. The van der Waals surface area contributed by atoms with Crippen LogP contribution in [0.5, 0.6) is 0 Å². The van der Waals surface area contributed by atoms with Crippen LogP contribution in [0.3, 0.4) is 0 Å². The molecule has 0 aromatic rings. The van der Waals surface area contributed by atoms with Gasteiger partial charge in [0.05, 0.1) is 5.41 Å². The first kappa shape index (κ1) is 12.6. The minimum atomic E-state index is -0.437. The van der Waals surface area contributed by atoms with Gasteiger partial charge in [0, 0.05) is 13.5 Å². The molecule has 2 aliphatic rings. The maximum absolute atomic E-state index is 12.5. The van der Waals surface area contributed by atoms with E-state index in [4.69, 9.17) is 0 Å². The average molecular weight is 238 g/mol. The van der Waals surface area contributed by atoms with Crippen molar-refractivity contribution in [3.63, 3.8) is 0 Å². The summed E-state index contributed by atoms with van der Waals surface area (Å²) >= 11 is 0. The topological polar surface area (TPSA) is 49.4 Å². The van der Waals surface area contributed by atoms with Crippen molar-refractivity contribution in [1.29, 1.82) is 0 Å². The normalized spacial score (nSPS) is 31.6. The van der Waals surface area contributed by atoms with Gasteiger partial charge in [-0.15, -0.1) is 0 Å². The molecule has 0 aliphatic carbocycles. The molecule has 0 aromatic heterocycles. The van der Waals surface area contributed by atoms with E-state index in [0.29, 0.717) is 12.3 Å². The largest absolute Gasteiger partial charge is 0.317 e. The second-order valence-electron chi connectivity index (χ2n) is 5.65. The highest BCUT2D eigenvalue weighted by Crippen LogP contribution is 2.48. The molecule has 4 nitrogen and oxygen atoms in total. The number of nitrogens with zero attached hydrogens (tertiary/aromatic N) is 1. The monoisotopic (exact) mass is 238 g/mol. The molecule has 1 atom stereocenters. The van der Waals surface area contributed by atoms with Gasteiger partial charge in [-0.1, -0.05) is 13.8 Å². The molecule has 2 rings (SSSR count). The third-order valence-electron chi connectivity index (χ3n) is 4.62. The summed E-state index contributed by atoms with van der Waals surface area (Å²) in [5.41, 5.74) is -0.437. The second kappa shape index (κ2) is 4.41. The van der Waals surface area contributed by atoms with Crippen molar-refractivity contribution in [2.45, 2.75) is 33.1 Å². The van der Waals surface area contributed by atoms with Crippen LogP contribution in [-0.4, -0.2) is 36.9 Å². The van der Waals surface area contributed by atoms with Crippen LogP contribution in [0.4, 0.5) is 0 Å². The van der Waals surface area contributed by atoms with Crippen molar-refractivity contribution in [2.75, 3.05) is 20.1 Å². The molecule has 0 saturated carbocycles. The first-order valence-electron chi connectivity index (χ1n) is 6.52. The highest BCUT2D eigenvalue weighted by Gasteiger charge is 2.56. The molecule has 17 heavy (non-hydrogen) atoms. The van der Waals surface area contributed by atoms with Crippen LogP contribution in [0.2, 0.25) is 0 Å². The lowest BCUT2D eigenvalue weighted by molar-refractivity contribution is -0.143. The van der Waals surface area contributed by atoms with E-state index in [1.165, 1.54) is 4.90 Å². The fraction of sp³-hybridized carbons (Fsp3) is 0.846. The Balaban J connectivity index is 2.33. The van der Waals surface area contributed by atoms with Crippen molar-refractivity contribution in [3.05, 3.63) is 0 Å². The number of imide groups is 1. The lowest BCUT2D eigenvalue weighted by Crippen LogP contribution is -2.46. The van der Waals surface area contributed by atoms with Crippen LogP contribution < -0.4 is 5.32 Å². The fourth-order valence-electron chi connectivity index (χ4n) is 3.45. The van der Waals surface area contributed by atoms with Gasteiger partial charge in [-0.2, -0.15) is 0 Å². The minimum absolute atomic E-state index is 0.0118. The third-order valence-corrected chi connectivity index (χ3v) is 4.62. The summed E-state index contributed by atoms with van der Waals surface area (Å²) in [6, 6.07) is 0. The Hall–Kier alpha value is -0.900. The number of hydrogen-bond donors (Lipinski definition) is 1. The molecule has 2 saturated heterocycles. The van der Waals surface area contributed by atoms with Crippen molar-refractivity contribution >= 4 is 11.8 Å². The van der Waals surface area contributed by atoms with E-state index in [9.17, 15) is 9.59 Å². The van der Waals surface area contributed by atoms with Crippen LogP contribution in [0.1, 0.15) is 33.1 Å². The van der Waals surface area contributed by atoms with Gasteiger partial charge in [0.1, 0.15) is 0 Å². The Bertz CT molecular complexity index is 334. The summed E-state index contributed by atoms with van der Waals surface area (Å²) in [4.78, 5) is 25.6. The second-order valence-corrected chi connectivity index (χ2v) is 5.65. The highest BCUT2D eigenvalue weighted by atomic mass is 16.2. The number of carbonyl (C=O) groups is 2. The van der Waals surface area contributed by atoms with Crippen LogP contribution in [-0.2, 0) is 9.59 Å².